The van der Waals surface area contributed by atoms with Crippen molar-refractivity contribution in [1.29, 1.82) is 0 Å². The number of aromatic nitrogens is 3. The summed E-state index contributed by atoms with van der Waals surface area (Å²) < 4.78 is 0. The first-order chi connectivity index (χ1) is 10.2. The smallest absolute Gasteiger partial charge is 0.227 e. The van der Waals surface area contributed by atoms with Crippen molar-refractivity contribution in [2.75, 3.05) is 11.9 Å². The summed E-state index contributed by atoms with van der Waals surface area (Å²) in [7, 11) is 0. The van der Waals surface area contributed by atoms with Gasteiger partial charge in [0.15, 0.2) is 5.82 Å². The Morgan fingerprint density at radius 3 is 2.86 bits per heavy atom. The number of hydrogen-bond acceptors (Lipinski definition) is 4. The average molecular weight is 306 g/mol. The minimum atomic E-state index is -0.133. The van der Waals surface area contributed by atoms with Gasteiger partial charge in [0, 0.05) is 17.3 Å². The molecule has 0 spiro atoms. The molecule has 0 saturated carbocycles. The third-order valence-electron chi connectivity index (χ3n) is 2.64. The summed E-state index contributed by atoms with van der Waals surface area (Å²) in [4.78, 5) is 15.8. The molecule has 7 heteroatoms. The first-order valence-corrected chi connectivity index (χ1v) is 6.82. The molecule has 0 aliphatic rings. The van der Waals surface area contributed by atoms with Crippen LogP contribution in [0, 0.1) is 0 Å². The van der Waals surface area contributed by atoms with Gasteiger partial charge in [-0.25, -0.2) is 4.98 Å². The van der Waals surface area contributed by atoms with Gasteiger partial charge in [-0.1, -0.05) is 17.7 Å². The molecule has 3 N–H and O–H groups in total. The van der Waals surface area contributed by atoms with E-state index in [1.165, 1.54) is 0 Å². The van der Waals surface area contributed by atoms with Crippen LogP contribution in [0.2, 0.25) is 5.02 Å². The number of halogens is 1. The summed E-state index contributed by atoms with van der Waals surface area (Å²) in [6.45, 7) is 4.46. The molecule has 0 saturated heterocycles. The number of rotatable bonds is 7. The van der Waals surface area contributed by atoms with E-state index in [2.05, 4.69) is 32.4 Å². The number of amides is 1. The highest BCUT2D eigenvalue weighted by atomic mass is 35.5. The predicted molar refractivity (Wildman–Crippen MR) is 82.1 cm³/mol. The predicted octanol–water partition coefficient (Wildman–Crippen LogP) is 1.91. The van der Waals surface area contributed by atoms with Crippen LogP contribution in [-0.2, 0) is 17.8 Å². The molecular weight excluding hydrogens is 290 g/mol. The lowest BCUT2D eigenvalue weighted by atomic mass is 10.3. The number of nitrogens with one attached hydrogen (secondary N) is 3. The minimum absolute atomic E-state index is 0.133. The third kappa shape index (κ3) is 4.92. The fraction of sp³-hybridized carbons (Fsp3) is 0.214. The minimum Gasteiger partial charge on any atom is -0.378 e. The van der Waals surface area contributed by atoms with Crippen molar-refractivity contribution < 1.29 is 4.79 Å². The van der Waals surface area contributed by atoms with Crippen molar-refractivity contribution >= 4 is 23.2 Å². The number of H-pyrrole nitrogens is 1. The van der Waals surface area contributed by atoms with E-state index in [9.17, 15) is 4.79 Å². The van der Waals surface area contributed by atoms with E-state index in [4.69, 9.17) is 11.6 Å². The van der Waals surface area contributed by atoms with Crippen LogP contribution < -0.4 is 10.6 Å². The fourth-order valence-corrected chi connectivity index (χ4v) is 1.76. The van der Waals surface area contributed by atoms with Crippen molar-refractivity contribution in [1.82, 2.24) is 20.5 Å². The van der Waals surface area contributed by atoms with Crippen molar-refractivity contribution in [2.24, 2.45) is 0 Å². The van der Waals surface area contributed by atoms with Gasteiger partial charge >= 0.3 is 0 Å². The molecule has 0 aliphatic heterocycles. The van der Waals surface area contributed by atoms with Crippen LogP contribution in [0.1, 0.15) is 11.6 Å². The van der Waals surface area contributed by atoms with Crippen molar-refractivity contribution in [2.45, 2.75) is 13.0 Å². The molecule has 0 fully saturated rings. The Kier molecular flexibility index (Phi) is 5.34. The maximum atomic E-state index is 11.5. The van der Waals surface area contributed by atoms with Crippen LogP contribution in [0.25, 0.3) is 0 Å². The van der Waals surface area contributed by atoms with Crippen LogP contribution in [0.3, 0.4) is 0 Å². The number of carbonyl (C=O) groups excluding carboxylic acids is 1. The van der Waals surface area contributed by atoms with Crippen molar-refractivity contribution in [3.63, 3.8) is 0 Å². The molecule has 1 amide bonds. The Morgan fingerprint density at radius 1 is 1.38 bits per heavy atom. The van der Waals surface area contributed by atoms with Gasteiger partial charge < -0.3 is 10.6 Å². The molecule has 1 heterocycles. The molecular formula is C14H16ClN5O. The second-order valence-corrected chi connectivity index (χ2v) is 4.76. The summed E-state index contributed by atoms with van der Waals surface area (Å²) in [5, 5.41) is 13.4. The highest BCUT2D eigenvalue weighted by Gasteiger charge is 2.08. The highest BCUT2D eigenvalue weighted by molar-refractivity contribution is 6.30. The van der Waals surface area contributed by atoms with Gasteiger partial charge in [0.25, 0.3) is 0 Å². The monoisotopic (exact) mass is 305 g/mol. The number of nitrogens with zero attached hydrogens (tertiary/aromatic N) is 2. The number of aromatic amines is 1. The molecule has 110 valence electrons. The molecule has 0 atom stereocenters. The lowest BCUT2D eigenvalue weighted by Crippen LogP contribution is -2.25. The molecule has 0 aliphatic carbocycles. The summed E-state index contributed by atoms with van der Waals surface area (Å²) in [5.41, 5.74) is 0.932. The lowest BCUT2D eigenvalue weighted by Gasteiger charge is -2.03. The van der Waals surface area contributed by atoms with E-state index in [1.807, 2.05) is 12.1 Å². The highest BCUT2D eigenvalue weighted by Crippen LogP contribution is 2.13. The van der Waals surface area contributed by atoms with Crippen LogP contribution >= 0.6 is 11.6 Å². The molecule has 0 radical (unpaired) electrons. The summed E-state index contributed by atoms with van der Waals surface area (Å²) in [5.74, 6) is 0.993. The summed E-state index contributed by atoms with van der Waals surface area (Å²) in [6, 6.07) is 7.37. The van der Waals surface area contributed by atoms with Crippen LogP contribution in [-0.4, -0.2) is 27.6 Å². The zero-order valence-corrected chi connectivity index (χ0v) is 12.2. The first kappa shape index (κ1) is 15.1. The zero-order valence-electron chi connectivity index (χ0n) is 11.4. The van der Waals surface area contributed by atoms with E-state index in [-0.39, 0.29) is 12.3 Å². The standard InChI is InChI=1S/C14H16ClN5O/c1-2-7-16-14(21)8-12-18-13(20-19-12)9-17-11-5-3-10(15)4-6-11/h2-6,17H,1,7-9H2,(H,16,21)(H,18,19,20). The molecule has 0 unspecified atom stereocenters. The Labute approximate surface area is 127 Å². The Balaban J connectivity index is 1.84. The molecule has 6 nitrogen and oxygen atoms in total. The molecule has 2 rings (SSSR count). The Morgan fingerprint density at radius 2 is 2.14 bits per heavy atom. The summed E-state index contributed by atoms with van der Waals surface area (Å²) >= 11 is 5.82. The molecule has 1 aromatic carbocycles. The van der Waals surface area contributed by atoms with E-state index in [1.54, 1.807) is 18.2 Å². The van der Waals surface area contributed by atoms with Gasteiger partial charge in [0.05, 0.1) is 13.0 Å². The van der Waals surface area contributed by atoms with E-state index < -0.39 is 0 Å². The zero-order chi connectivity index (χ0) is 15.1. The van der Waals surface area contributed by atoms with Gasteiger partial charge in [-0.2, -0.15) is 5.10 Å². The van der Waals surface area contributed by atoms with Crippen molar-refractivity contribution in [3.05, 3.63) is 53.6 Å². The molecule has 2 aromatic rings. The second-order valence-electron chi connectivity index (χ2n) is 4.33. The van der Waals surface area contributed by atoms with E-state index in [0.29, 0.717) is 29.8 Å². The normalized spacial score (nSPS) is 10.1. The third-order valence-corrected chi connectivity index (χ3v) is 2.90. The Hall–Kier alpha value is -2.34. The van der Waals surface area contributed by atoms with Gasteiger partial charge in [-0.15, -0.1) is 6.58 Å². The topological polar surface area (TPSA) is 82.7 Å². The van der Waals surface area contributed by atoms with Crippen LogP contribution in [0.5, 0.6) is 0 Å². The number of hydrogen-bond donors (Lipinski definition) is 3. The number of benzene rings is 1. The largest absolute Gasteiger partial charge is 0.378 e. The second kappa shape index (κ2) is 7.44. The fourth-order valence-electron chi connectivity index (χ4n) is 1.64. The quantitative estimate of drug-likeness (QED) is 0.682. The lowest BCUT2D eigenvalue weighted by molar-refractivity contribution is -0.120. The van der Waals surface area contributed by atoms with E-state index in [0.717, 1.165) is 5.69 Å². The van der Waals surface area contributed by atoms with Gasteiger partial charge in [0.1, 0.15) is 5.82 Å². The van der Waals surface area contributed by atoms with Crippen molar-refractivity contribution in [3.8, 4) is 0 Å². The number of carbonyl (C=O) groups is 1. The molecule has 1 aromatic heterocycles. The maximum absolute atomic E-state index is 11.5. The number of anilines is 1. The average Bonchev–Trinajstić information content (AvgIpc) is 2.92. The SMILES string of the molecule is C=CCNC(=O)Cc1n[nH]c(CNc2ccc(Cl)cc2)n1. The maximum Gasteiger partial charge on any atom is 0.227 e. The molecule has 0 bridgehead atoms. The Bertz CT molecular complexity index is 608. The van der Waals surface area contributed by atoms with E-state index >= 15 is 0 Å². The van der Waals surface area contributed by atoms with Gasteiger partial charge in [-0.3, -0.25) is 9.89 Å². The van der Waals surface area contributed by atoms with Gasteiger partial charge in [0.2, 0.25) is 5.91 Å². The van der Waals surface area contributed by atoms with Crippen LogP contribution in [0.4, 0.5) is 5.69 Å². The van der Waals surface area contributed by atoms with Gasteiger partial charge in [-0.05, 0) is 24.3 Å². The summed E-state index contributed by atoms with van der Waals surface area (Å²) in [6.07, 6.45) is 1.77. The first-order valence-electron chi connectivity index (χ1n) is 6.44. The van der Waals surface area contributed by atoms with Crippen LogP contribution in [0.15, 0.2) is 36.9 Å². The molecule has 21 heavy (non-hydrogen) atoms.